The first-order valence-electron chi connectivity index (χ1n) is 6.71. The SMILES string of the molecule is CCC(C)CN(C)C(=O)Nc1ccc(C(=O)O)c(C)c1. The lowest BCUT2D eigenvalue weighted by atomic mass is 10.1. The zero-order valence-corrected chi connectivity index (χ0v) is 12.4. The van der Waals surface area contributed by atoms with E-state index in [0.29, 0.717) is 23.7 Å². The summed E-state index contributed by atoms with van der Waals surface area (Å²) in [4.78, 5) is 24.5. The van der Waals surface area contributed by atoms with Gasteiger partial charge in [0.1, 0.15) is 0 Å². The molecule has 0 fully saturated rings. The smallest absolute Gasteiger partial charge is 0.335 e. The molecule has 0 aliphatic carbocycles. The van der Waals surface area contributed by atoms with E-state index in [1.54, 1.807) is 31.0 Å². The summed E-state index contributed by atoms with van der Waals surface area (Å²) in [6.07, 6.45) is 1.02. The van der Waals surface area contributed by atoms with Gasteiger partial charge in [0.05, 0.1) is 5.56 Å². The predicted octanol–water partition coefficient (Wildman–Crippen LogP) is 3.20. The van der Waals surface area contributed by atoms with Gasteiger partial charge in [0.25, 0.3) is 0 Å². The van der Waals surface area contributed by atoms with Gasteiger partial charge < -0.3 is 15.3 Å². The third-order valence-corrected chi connectivity index (χ3v) is 3.34. The maximum atomic E-state index is 12.0. The predicted molar refractivity (Wildman–Crippen MR) is 79.2 cm³/mol. The minimum atomic E-state index is -0.964. The lowest BCUT2D eigenvalue weighted by Crippen LogP contribution is -2.34. The van der Waals surface area contributed by atoms with Gasteiger partial charge in [-0.15, -0.1) is 0 Å². The summed E-state index contributed by atoms with van der Waals surface area (Å²) >= 11 is 0. The Morgan fingerprint density at radius 2 is 2.05 bits per heavy atom. The van der Waals surface area contributed by atoms with Crippen LogP contribution >= 0.6 is 0 Å². The molecule has 0 aliphatic rings. The zero-order valence-electron chi connectivity index (χ0n) is 12.4. The van der Waals surface area contributed by atoms with Crippen LogP contribution in [0.1, 0.15) is 36.2 Å². The average molecular weight is 278 g/mol. The van der Waals surface area contributed by atoms with Gasteiger partial charge in [-0.2, -0.15) is 0 Å². The van der Waals surface area contributed by atoms with Crippen LogP contribution in [0.15, 0.2) is 18.2 Å². The van der Waals surface area contributed by atoms with E-state index in [-0.39, 0.29) is 11.6 Å². The second-order valence-electron chi connectivity index (χ2n) is 5.16. The van der Waals surface area contributed by atoms with E-state index in [4.69, 9.17) is 5.11 Å². The van der Waals surface area contributed by atoms with E-state index >= 15 is 0 Å². The summed E-state index contributed by atoms with van der Waals surface area (Å²) in [6.45, 7) is 6.58. The molecule has 1 unspecified atom stereocenters. The van der Waals surface area contributed by atoms with Crippen molar-refractivity contribution in [3.63, 3.8) is 0 Å². The topological polar surface area (TPSA) is 69.6 Å². The number of nitrogens with one attached hydrogen (secondary N) is 1. The number of rotatable bonds is 5. The molecule has 1 aromatic carbocycles. The van der Waals surface area contributed by atoms with Crippen LogP contribution in [-0.2, 0) is 0 Å². The van der Waals surface area contributed by atoms with Crippen LogP contribution in [0.4, 0.5) is 10.5 Å². The fourth-order valence-electron chi connectivity index (χ4n) is 1.88. The molecule has 1 rings (SSSR count). The third kappa shape index (κ3) is 4.26. The Hall–Kier alpha value is -2.04. The van der Waals surface area contributed by atoms with Crippen molar-refractivity contribution >= 4 is 17.7 Å². The van der Waals surface area contributed by atoms with Gasteiger partial charge >= 0.3 is 12.0 Å². The van der Waals surface area contributed by atoms with Gasteiger partial charge in [-0.25, -0.2) is 9.59 Å². The number of hydrogen-bond donors (Lipinski definition) is 2. The van der Waals surface area contributed by atoms with Gasteiger partial charge in [0.2, 0.25) is 0 Å². The number of benzene rings is 1. The monoisotopic (exact) mass is 278 g/mol. The molecule has 2 N–H and O–H groups in total. The average Bonchev–Trinajstić information content (AvgIpc) is 2.37. The molecule has 0 radical (unpaired) electrons. The second-order valence-corrected chi connectivity index (χ2v) is 5.16. The molecule has 0 aliphatic heterocycles. The van der Waals surface area contributed by atoms with Crippen molar-refractivity contribution in [1.82, 2.24) is 4.90 Å². The van der Waals surface area contributed by atoms with E-state index in [2.05, 4.69) is 19.2 Å². The fraction of sp³-hybridized carbons (Fsp3) is 0.467. The highest BCUT2D eigenvalue weighted by atomic mass is 16.4. The first kappa shape index (κ1) is 16.0. The minimum Gasteiger partial charge on any atom is -0.478 e. The molecule has 110 valence electrons. The van der Waals surface area contributed by atoms with Crippen LogP contribution in [0.25, 0.3) is 0 Å². The van der Waals surface area contributed by atoms with Crippen LogP contribution in [0.5, 0.6) is 0 Å². The molecule has 0 spiro atoms. The number of amides is 2. The highest BCUT2D eigenvalue weighted by molar-refractivity contribution is 5.92. The van der Waals surface area contributed by atoms with Crippen molar-refractivity contribution < 1.29 is 14.7 Å². The van der Waals surface area contributed by atoms with Crippen molar-refractivity contribution in [2.75, 3.05) is 18.9 Å². The van der Waals surface area contributed by atoms with Gasteiger partial charge in [0.15, 0.2) is 0 Å². The molecule has 0 bridgehead atoms. The summed E-state index contributed by atoms with van der Waals surface area (Å²) < 4.78 is 0. The summed E-state index contributed by atoms with van der Waals surface area (Å²) in [5.74, 6) is -0.517. The molecule has 2 amide bonds. The third-order valence-electron chi connectivity index (χ3n) is 3.34. The molecule has 5 nitrogen and oxygen atoms in total. The number of urea groups is 1. The molecular weight excluding hydrogens is 256 g/mol. The number of carboxylic acids is 1. The first-order valence-corrected chi connectivity index (χ1v) is 6.71. The van der Waals surface area contributed by atoms with Gasteiger partial charge in [-0.05, 0) is 36.6 Å². The number of nitrogens with zero attached hydrogens (tertiary/aromatic N) is 1. The summed E-state index contributed by atoms with van der Waals surface area (Å²) in [7, 11) is 1.75. The van der Waals surface area contributed by atoms with Crippen molar-refractivity contribution in [2.45, 2.75) is 27.2 Å². The minimum absolute atomic E-state index is 0.187. The number of carbonyl (C=O) groups is 2. The van der Waals surface area contributed by atoms with Crippen LogP contribution in [-0.4, -0.2) is 35.6 Å². The lowest BCUT2D eigenvalue weighted by Gasteiger charge is -2.21. The molecule has 1 atom stereocenters. The Bertz CT molecular complexity index is 500. The Balaban J connectivity index is 2.71. The van der Waals surface area contributed by atoms with Crippen molar-refractivity contribution in [2.24, 2.45) is 5.92 Å². The highest BCUT2D eigenvalue weighted by Gasteiger charge is 2.13. The number of carboxylic acid groups (broad SMARTS) is 1. The van der Waals surface area contributed by atoms with Crippen molar-refractivity contribution in [3.8, 4) is 0 Å². The van der Waals surface area contributed by atoms with E-state index in [1.807, 2.05) is 0 Å². The Kier molecular flexibility index (Phi) is 5.55. The van der Waals surface area contributed by atoms with Crippen LogP contribution in [0.3, 0.4) is 0 Å². The number of carbonyl (C=O) groups excluding carboxylic acids is 1. The van der Waals surface area contributed by atoms with Gasteiger partial charge in [-0.3, -0.25) is 0 Å². The number of aryl methyl sites for hydroxylation is 1. The Labute approximate surface area is 119 Å². The number of aromatic carboxylic acids is 1. The van der Waals surface area contributed by atoms with E-state index in [1.165, 1.54) is 6.07 Å². The van der Waals surface area contributed by atoms with Crippen molar-refractivity contribution in [1.29, 1.82) is 0 Å². The maximum Gasteiger partial charge on any atom is 0.335 e. The van der Waals surface area contributed by atoms with Gasteiger partial charge in [-0.1, -0.05) is 20.3 Å². The first-order chi connectivity index (χ1) is 9.35. The molecule has 0 aromatic heterocycles. The Morgan fingerprint density at radius 3 is 2.55 bits per heavy atom. The Morgan fingerprint density at radius 1 is 1.40 bits per heavy atom. The quantitative estimate of drug-likeness (QED) is 0.869. The summed E-state index contributed by atoms with van der Waals surface area (Å²) in [5.41, 5.74) is 1.48. The summed E-state index contributed by atoms with van der Waals surface area (Å²) in [6, 6.07) is 4.58. The molecule has 0 saturated carbocycles. The van der Waals surface area contributed by atoms with E-state index in [0.717, 1.165) is 6.42 Å². The standard InChI is InChI=1S/C15H22N2O3/c1-5-10(2)9-17(4)15(20)16-12-6-7-13(14(18)19)11(3)8-12/h6-8,10H,5,9H2,1-4H3,(H,16,20)(H,18,19). The van der Waals surface area contributed by atoms with Crippen LogP contribution < -0.4 is 5.32 Å². The lowest BCUT2D eigenvalue weighted by molar-refractivity contribution is 0.0696. The fourth-order valence-corrected chi connectivity index (χ4v) is 1.88. The zero-order chi connectivity index (χ0) is 15.3. The van der Waals surface area contributed by atoms with E-state index in [9.17, 15) is 9.59 Å². The van der Waals surface area contributed by atoms with Crippen LogP contribution in [0, 0.1) is 12.8 Å². The molecule has 5 heteroatoms. The number of hydrogen-bond acceptors (Lipinski definition) is 2. The maximum absolute atomic E-state index is 12.0. The van der Waals surface area contributed by atoms with E-state index < -0.39 is 5.97 Å². The van der Waals surface area contributed by atoms with Gasteiger partial charge in [0, 0.05) is 19.3 Å². The molecule has 20 heavy (non-hydrogen) atoms. The molecular formula is C15H22N2O3. The highest BCUT2D eigenvalue weighted by Crippen LogP contribution is 2.16. The van der Waals surface area contributed by atoms with Crippen LogP contribution in [0.2, 0.25) is 0 Å². The molecule has 0 saturated heterocycles. The normalized spacial score (nSPS) is 11.8. The largest absolute Gasteiger partial charge is 0.478 e. The molecule has 1 aromatic rings. The number of anilines is 1. The second kappa shape index (κ2) is 6.93. The van der Waals surface area contributed by atoms with Crippen molar-refractivity contribution in [3.05, 3.63) is 29.3 Å². The molecule has 0 heterocycles. The summed E-state index contributed by atoms with van der Waals surface area (Å²) in [5, 5.41) is 11.7.